The van der Waals surface area contributed by atoms with Crippen LogP contribution in [0.15, 0.2) is 37.4 Å². The van der Waals surface area contributed by atoms with Gasteiger partial charge >= 0.3 is 0 Å². The molecule has 0 heteroatoms. The van der Waals surface area contributed by atoms with E-state index in [0.717, 1.165) is 0 Å². The number of hydrogen-bond acceptors (Lipinski definition) is 0. The molecule has 0 aliphatic rings. The highest BCUT2D eigenvalue weighted by Gasteiger charge is 2.24. The van der Waals surface area contributed by atoms with Crippen LogP contribution in [-0.2, 0) is 5.41 Å². The van der Waals surface area contributed by atoms with Gasteiger partial charge in [0.25, 0.3) is 0 Å². The second kappa shape index (κ2) is 5.52. The third kappa shape index (κ3) is 2.55. The summed E-state index contributed by atoms with van der Waals surface area (Å²) in [5.41, 5.74) is 5.29. The highest BCUT2D eigenvalue weighted by atomic mass is 14.3. The molecule has 0 spiro atoms. The molecular formula is C21H26. The molecule has 0 aromatic heterocycles. The fraction of sp³-hybridized carbons (Fsp3) is 0.333. The molecule has 21 heavy (non-hydrogen) atoms. The molecule has 2 aromatic carbocycles. The molecule has 0 unspecified atom stereocenters. The second-order valence-corrected chi connectivity index (χ2v) is 6.97. The van der Waals surface area contributed by atoms with Crippen LogP contribution in [0, 0.1) is 0 Å². The summed E-state index contributed by atoms with van der Waals surface area (Å²) in [6.07, 6.45) is 3.99. The fourth-order valence-electron chi connectivity index (χ4n) is 3.37. The van der Waals surface area contributed by atoms with Crippen LogP contribution in [0.2, 0.25) is 0 Å². The van der Waals surface area contributed by atoms with E-state index in [1.165, 1.54) is 33.0 Å². The molecule has 0 saturated heterocycles. The monoisotopic (exact) mass is 278 g/mol. The van der Waals surface area contributed by atoms with Crippen LogP contribution >= 0.6 is 0 Å². The number of benzene rings is 2. The Morgan fingerprint density at radius 1 is 0.905 bits per heavy atom. The first kappa shape index (κ1) is 15.6. The standard InChI is InChI=1S/C21H26/c1-8-15-16(9-2)20(21(5,6)7)18-13-11-10-12-17(18)19(15)14(3)4/h8-14H,1-2H2,3-7H3. The van der Waals surface area contributed by atoms with Crippen molar-refractivity contribution >= 4 is 22.9 Å². The zero-order chi connectivity index (χ0) is 15.8. The van der Waals surface area contributed by atoms with Gasteiger partial charge in [-0.05, 0) is 44.4 Å². The zero-order valence-corrected chi connectivity index (χ0v) is 14.0. The molecule has 2 aromatic rings. The molecule has 0 amide bonds. The maximum atomic E-state index is 4.07. The van der Waals surface area contributed by atoms with E-state index >= 15 is 0 Å². The van der Waals surface area contributed by atoms with Crippen LogP contribution in [0.4, 0.5) is 0 Å². The Hall–Kier alpha value is -1.82. The van der Waals surface area contributed by atoms with Crippen LogP contribution in [0.1, 0.15) is 62.8 Å². The molecule has 110 valence electrons. The Morgan fingerprint density at radius 2 is 1.43 bits per heavy atom. The largest absolute Gasteiger partial charge is 0.0984 e. The Kier molecular flexibility index (Phi) is 4.09. The lowest BCUT2D eigenvalue weighted by molar-refractivity contribution is 0.594. The molecule has 0 aliphatic carbocycles. The molecule has 0 radical (unpaired) electrons. The minimum atomic E-state index is 0.0659. The van der Waals surface area contributed by atoms with Gasteiger partial charge in [-0.25, -0.2) is 0 Å². The summed E-state index contributed by atoms with van der Waals surface area (Å²) in [6, 6.07) is 8.73. The predicted molar refractivity (Wildman–Crippen MR) is 96.9 cm³/mol. The van der Waals surface area contributed by atoms with E-state index in [4.69, 9.17) is 0 Å². The van der Waals surface area contributed by atoms with Crippen molar-refractivity contribution < 1.29 is 0 Å². The smallest absolute Gasteiger partial charge is 0.0120 e. The maximum absolute atomic E-state index is 4.07. The van der Waals surface area contributed by atoms with E-state index in [-0.39, 0.29) is 5.41 Å². The molecule has 0 atom stereocenters. The van der Waals surface area contributed by atoms with Crippen molar-refractivity contribution in [3.8, 4) is 0 Å². The van der Waals surface area contributed by atoms with Crippen LogP contribution < -0.4 is 0 Å². The molecule has 0 heterocycles. The number of rotatable bonds is 3. The lowest BCUT2D eigenvalue weighted by Crippen LogP contribution is -2.16. The summed E-state index contributed by atoms with van der Waals surface area (Å²) in [4.78, 5) is 0. The zero-order valence-electron chi connectivity index (χ0n) is 14.0. The molecule has 0 fully saturated rings. The Balaban J connectivity index is 3.14. The van der Waals surface area contributed by atoms with E-state index in [1.807, 2.05) is 12.2 Å². The van der Waals surface area contributed by atoms with Crippen molar-refractivity contribution in [3.05, 3.63) is 59.7 Å². The van der Waals surface area contributed by atoms with Gasteiger partial charge in [0, 0.05) is 0 Å². The summed E-state index contributed by atoms with van der Waals surface area (Å²) in [5, 5.41) is 2.69. The van der Waals surface area contributed by atoms with Crippen LogP contribution in [0.25, 0.3) is 22.9 Å². The molecule has 0 saturated carbocycles. The third-order valence-electron chi connectivity index (χ3n) is 4.07. The third-order valence-corrected chi connectivity index (χ3v) is 4.07. The van der Waals surface area contributed by atoms with E-state index in [1.54, 1.807) is 0 Å². The van der Waals surface area contributed by atoms with Crippen molar-refractivity contribution in [2.45, 2.75) is 46.0 Å². The Morgan fingerprint density at radius 3 is 1.86 bits per heavy atom. The normalized spacial score (nSPS) is 11.9. The Bertz CT molecular complexity index is 694. The van der Waals surface area contributed by atoms with Crippen molar-refractivity contribution in [3.63, 3.8) is 0 Å². The van der Waals surface area contributed by atoms with Crippen molar-refractivity contribution in [1.29, 1.82) is 0 Å². The predicted octanol–water partition coefficient (Wildman–Crippen LogP) is 6.55. The van der Waals surface area contributed by atoms with Gasteiger partial charge in [0.2, 0.25) is 0 Å². The van der Waals surface area contributed by atoms with Gasteiger partial charge in [-0.3, -0.25) is 0 Å². The van der Waals surface area contributed by atoms with Gasteiger partial charge in [-0.2, -0.15) is 0 Å². The first-order chi connectivity index (χ1) is 9.82. The minimum absolute atomic E-state index is 0.0659. The van der Waals surface area contributed by atoms with E-state index < -0.39 is 0 Å². The summed E-state index contributed by atoms with van der Waals surface area (Å²) in [7, 11) is 0. The molecule has 0 bridgehead atoms. The van der Waals surface area contributed by atoms with Crippen LogP contribution in [0.3, 0.4) is 0 Å². The van der Waals surface area contributed by atoms with Gasteiger partial charge in [-0.15, -0.1) is 0 Å². The average Bonchev–Trinajstić information content (AvgIpc) is 2.42. The molecular weight excluding hydrogens is 252 g/mol. The minimum Gasteiger partial charge on any atom is -0.0984 e. The van der Waals surface area contributed by atoms with Gasteiger partial charge in [0.1, 0.15) is 0 Å². The van der Waals surface area contributed by atoms with Gasteiger partial charge in [0.05, 0.1) is 0 Å². The summed E-state index contributed by atoms with van der Waals surface area (Å²) >= 11 is 0. The van der Waals surface area contributed by atoms with Crippen LogP contribution in [-0.4, -0.2) is 0 Å². The number of hydrogen-bond donors (Lipinski definition) is 0. The quantitative estimate of drug-likeness (QED) is 0.597. The van der Waals surface area contributed by atoms with Crippen LogP contribution in [0.5, 0.6) is 0 Å². The molecule has 0 N–H and O–H groups in total. The van der Waals surface area contributed by atoms with Crippen molar-refractivity contribution in [2.24, 2.45) is 0 Å². The SMILES string of the molecule is C=Cc1c(C=C)c(C(C)(C)C)c2ccccc2c1C(C)C. The number of fused-ring (bicyclic) bond motifs is 1. The highest BCUT2D eigenvalue weighted by Crippen LogP contribution is 2.41. The van der Waals surface area contributed by atoms with Crippen molar-refractivity contribution in [1.82, 2.24) is 0 Å². The lowest BCUT2D eigenvalue weighted by atomic mass is 9.75. The van der Waals surface area contributed by atoms with Gasteiger partial charge in [-0.1, -0.05) is 84.2 Å². The maximum Gasteiger partial charge on any atom is -0.0120 e. The summed E-state index contributed by atoms with van der Waals surface area (Å²) in [5.74, 6) is 0.454. The lowest BCUT2D eigenvalue weighted by Gasteiger charge is -2.28. The van der Waals surface area contributed by atoms with Gasteiger partial charge < -0.3 is 0 Å². The summed E-state index contributed by atoms with van der Waals surface area (Å²) < 4.78 is 0. The topological polar surface area (TPSA) is 0 Å². The van der Waals surface area contributed by atoms with E-state index in [9.17, 15) is 0 Å². The first-order valence-electron chi connectivity index (χ1n) is 7.66. The average molecular weight is 278 g/mol. The van der Waals surface area contributed by atoms with Gasteiger partial charge in [0.15, 0.2) is 0 Å². The molecule has 2 rings (SSSR count). The van der Waals surface area contributed by atoms with E-state index in [0.29, 0.717) is 5.92 Å². The van der Waals surface area contributed by atoms with Crippen molar-refractivity contribution in [2.75, 3.05) is 0 Å². The molecule has 0 nitrogen and oxygen atoms in total. The molecule has 0 aliphatic heterocycles. The first-order valence-corrected chi connectivity index (χ1v) is 7.66. The highest BCUT2D eigenvalue weighted by molar-refractivity contribution is 5.96. The second-order valence-electron chi connectivity index (χ2n) is 6.97. The summed E-state index contributed by atoms with van der Waals surface area (Å²) in [6.45, 7) is 19.4. The Labute approximate surface area is 129 Å². The fourth-order valence-corrected chi connectivity index (χ4v) is 3.37. The van der Waals surface area contributed by atoms with E-state index in [2.05, 4.69) is 72.0 Å².